The van der Waals surface area contributed by atoms with Crippen LogP contribution in [0.15, 0.2) is 24.3 Å². The summed E-state index contributed by atoms with van der Waals surface area (Å²) in [4.78, 5) is 22.2. The molecule has 0 aliphatic heterocycles. The molecule has 3 N–H and O–H groups in total. The van der Waals surface area contributed by atoms with E-state index in [2.05, 4.69) is 5.32 Å². The molecule has 0 bridgehead atoms. The first-order chi connectivity index (χ1) is 8.58. The number of aliphatic hydroxyl groups excluding tert-OH is 1. The highest BCUT2D eigenvalue weighted by Crippen LogP contribution is 2.26. The van der Waals surface area contributed by atoms with Crippen LogP contribution in [0.4, 0.5) is 0 Å². The molecule has 0 radical (unpaired) electrons. The number of fused-ring (bicyclic) bond motifs is 1. The Hall–Kier alpha value is -1.88. The third-order valence-corrected chi connectivity index (χ3v) is 3.18. The number of carbonyl (C=O) groups is 2. The van der Waals surface area contributed by atoms with E-state index in [0.717, 1.165) is 11.1 Å². The van der Waals surface area contributed by atoms with Gasteiger partial charge in [-0.15, -0.1) is 0 Å². The monoisotopic (exact) mass is 249 g/mol. The molecule has 0 saturated heterocycles. The molecule has 0 aromatic heterocycles. The fraction of sp³-hybridized carbons (Fsp3) is 0.385. The zero-order chi connectivity index (χ0) is 13.1. The Kier molecular flexibility index (Phi) is 3.62. The van der Waals surface area contributed by atoms with E-state index in [-0.39, 0.29) is 18.4 Å². The van der Waals surface area contributed by atoms with Gasteiger partial charge in [0.05, 0.1) is 6.54 Å². The van der Waals surface area contributed by atoms with Gasteiger partial charge in [0.15, 0.2) is 6.10 Å². The van der Waals surface area contributed by atoms with Gasteiger partial charge in [-0.2, -0.15) is 0 Å². The summed E-state index contributed by atoms with van der Waals surface area (Å²) >= 11 is 0. The molecule has 1 aliphatic rings. The number of hydrogen-bond acceptors (Lipinski definition) is 3. The third kappa shape index (κ3) is 2.68. The van der Waals surface area contributed by atoms with Crippen LogP contribution in [0, 0.1) is 5.92 Å². The van der Waals surface area contributed by atoms with Gasteiger partial charge in [-0.1, -0.05) is 24.3 Å². The lowest BCUT2D eigenvalue weighted by molar-refractivity contribution is -0.146. The Balaban J connectivity index is 1.88. The van der Waals surface area contributed by atoms with E-state index in [0.29, 0.717) is 12.8 Å². The lowest BCUT2D eigenvalue weighted by atomic mass is 10.1. The van der Waals surface area contributed by atoms with E-state index in [1.807, 2.05) is 24.3 Å². The van der Waals surface area contributed by atoms with E-state index in [1.165, 1.54) is 0 Å². The van der Waals surface area contributed by atoms with Gasteiger partial charge < -0.3 is 15.5 Å². The molecule has 1 atom stereocenters. The average Bonchev–Trinajstić information content (AvgIpc) is 2.79. The molecule has 96 valence electrons. The van der Waals surface area contributed by atoms with Gasteiger partial charge in [0, 0.05) is 5.92 Å². The molecule has 1 aliphatic carbocycles. The van der Waals surface area contributed by atoms with Crippen molar-refractivity contribution >= 4 is 11.9 Å². The minimum Gasteiger partial charge on any atom is -0.479 e. The molecular formula is C13H15NO4. The first-order valence-corrected chi connectivity index (χ1v) is 5.83. The number of aliphatic carboxylic acids is 1. The SMILES string of the molecule is O=C(NC[C@H](O)C(=O)O)C1Cc2ccccc2C1. The second-order valence-corrected chi connectivity index (χ2v) is 4.47. The summed E-state index contributed by atoms with van der Waals surface area (Å²) in [6.45, 7) is -0.249. The second kappa shape index (κ2) is 5.18. The Bertz CT molecular complexity index is 447. The van der Waals surface area contributed by atoms with E-state index in [4.69, 9.17) is 10.2 Å². The average molecular weight is 249 g/mol. The number of aliphatic hydroxyl groups is 1. The zero-order valence-electron chi connectivity index (χ0n) is 9.80. The van der Waals surface area contributed by atoms with Crippen LogP contribution in [0.2, 0.25) is 0 Å². The van der Waals surface area contributed by atoms with Crippen molar-refractivity contribution in [3.05, 3.63) is 35.4 Å². The van der Waals surface area contributed by atoms with Crippen LogP contribution in [0.25, 0.3) is 0 Å². The van der Waals surface area contributed by atoms with Crippen molar-refractivity contribution in [3.8, 4) is 0 Å². The summed E-state index contributed by atoms with van der Waals surface area (Å²) in [7, 11) is 0. The number of carbonyl (C=O) groups excluding carboxylic acids is 1. The minimum atomic E-state index is -1.54. The van der Waals surface area contributed by atoms with Crippen LogP contribution in [0.1, 0.15) is 11.1 Å². The van der Waals surface area contributed by atoms with Crippen molar-refractivity contribution < 1.29 is 19.8 Å². The van der Waals surface area contributed by atoms with Crippen LogP contribution in [-0.2, 0) is 22.4 Å². The van der Waals surface area contributed by atoms with E-state index in [1.54, 1.807) is 0 Å². The highest BCUT2D eigenvalue weighted by atomic mass is 16.4. The van der Waals surface area contributed by atoms with Crippen molar-refractivity contribution in [2.24, 2.45) is 5.92 Å². The quantitative estimate of drug-likeness (QED) is 0.699. The number of nitrogens with one attached hydrogen (secondary N) is 1. The number of carboxylic acid groups (broad SMARTS) is 1. The van der Waals surface area contributed by atoms with Crippen molar-refractivity contribution in [3.63, 3.8) is 0 Å². The molecule has 0 unspecified atom stereocenters. The molecule has 0 saturated carbocycles. The number of benzene rings is 1. The molecule has 1 aromatic rings. The maximum Gasteiger partial charge on any atom is 0.334 e. The van der Waals surface area contributed by atoms with Gasteiger partial charge in [0.25, 0.3) is 0 Å². The van der Waals surface area contributed by atoms with E-state index in [9.17, 15) is 9.59 Å². The molecule has 1 aromatic carbocycles. The molecule has 5 heteroatoms. The lowest BCUT2D eigenvalue weighted by Gasteiger charge is -2.11. The molecule has 2 rings (SSSR count). The number of amides is 1. The predicted octanol–water partition coefficient (Wildman–Crippen LogP) is -0.0369. The Labute approximate surface area is 104 Å². The Morgan fingerprint density at radius 3 is 2.33 bits per heavy atom. The first kappa shape index (κ1) is 12.6. The van der Waals surface area contributed by atoms with Crippen molar-refractivity contribution in [2.45, 2.75) is 18.9 Å². The maximum absolute atomic E-state index is 11.8. The van der Waals surface area contributed by atoms with Crippen molar-refractivity contribution in [1.82, 2.24) is 5.32 Å². The molecular weight excluding hydrogens is 234 g/mol. The standard InChI is InChI=1S/C13H15NO4/c15-11(13(17)18)7-14-12(16)10-5-8-3-1-2-4-9(8)6-10/h1-4,10-11,15H,5-7H2,(H,14,16)(H,17,18)/t11-/m0/s1. The lowest BCUT2D eigenvalue weighted by Crippen LogP contribution is -2.39. The van der Waals surface area contributed by atoms with Crippen LogP contribution >= 0.6 is 0 Å². The van der Waals surface area contributed by atoms with Crippen LogP contribution < -0.4 is 5.32 Å². The molecule has 0 fully saturated rings. The number of rotatable bonds is 4. The maximum atomic E-state index is 11.8. The van der Waals surface area contributed by atoms with Crippen molar-refractivity contribution in [1.29, 1.82) is 0 Å². The fourth-order valence-electron chi connectivity index (χ4n) is 2.17. The van der Waals surface area contributed by atoms with Crippen LogP contribution in [0.5, 0.6) is 0 Å². The summed E-state index contributed by atoms with van der Waals surface area (Å²) < 4.78 is 0. The molecule has 1 amide bonds. The minimum absolute atomic E-state index is 0.164. The number of hydrogen-bond donors (Lipinski definition) is 3. The fourth-order valence-corrected chi connectivity index (χ4v) is 2.17. The first-order valence-electron chi connectivity index (χ1n) is 5.83. The van der Waals surface area contributed by atoms with E-state index >= 15 is 0 Å². The smallest absolute Gasteiger partial charge is 0.334 e. The molecule has 18 heavy (non-hydrogen) atoms. The van der Waals surface area contributed by atoms with Gasteiger partial charge in [-0.05, 0) is 24.0 Å². The predicted molar refractivity (Wildman–Crippen MR) is 64.0 cm³/mol. The molecule has 5 nitrogen and oxygen atoms in total. The molecule has 0 spiro atoms. The number of carboxylic acids is 1. The normalized spacial score (nSPS) is 16.1. The van der Waals surface area contributed by atoms with Gasteiger partial charge in [0.2, 0.25) is 5.91 Å². The summed E-state index contributed by atoms with van der Waals surface area (Å²) in [5.41, 5.74) is 2.33. The van der Waals surface area contributed by atoms with Gasteiger partial charge in [-0.25, -0.2) is 4.79 Å². The van der Waals surface area contributed by atoms with Crippen LogP contribution in [0.3, 0.4) is 0 Å². The van der Waals surface area contributed by atoms with Gasteiger partial charge in [-0.3, -0.25) is 4.79 Å². The Morgan fingerprint density at radius 2 is 1.83 bits per heavy atom. The summed E-state index contributed by atoms with van der Waals surface area (Å²) in [6, 6.07) is 7.87. The summed E-state index contributed by atoms with van der Waals surface area (Å²) in [5.74, 6) is -1.69. The zero-order valence-corrected chi connectivity index (χ0v) is 9.80. The Morgan fingerprint density at radius 1 is 1.28 bits per heavy atom. The summed E-state index contributed by atoms with van der Waals surface area (Å²) in [6.07, 6.45) is -0.200. The highest BCUT2D eigenvalue weighted by Gasteiger charge is 2.27. The second-order valence-electron chi connectivity index (χ2n) is 4.47. The third-order valence-electron chi connectivity index (χ3n) is 3.18. The largest absolute Gasteiger partial charge is 0.479 e. The molecule has 0 heterocycles. The topological polar surface area (TPSA) is 86.6 Å². The van der Waals surface area contributed by atoms with Crippen molar-refractivity contribution in [2.75, 3.05) is 6.54 Å². The van der Waals surface area contributed by atoms with E-state index < -0.39 is 12.1 Å². The van der Waals surface area contributed by atoms with Gasteiger partial charge in [0.1, 0.15) is 0 Å². The van der Waals surface area contributed by atoms with Gasteiger partial charge >= 0.3 is 5.97 Å². The van der Waals surface area contributed by atoms with Crippen LogP contribution in [-0.4, -0.2) is 34.7 Å². The summed E-state index contributed by atoms with van der Waals surface area (Å²) in [5, 5.41) is 20.0. The highest BCUT2D eigenvalue weighted by molar-refractivity contribution is 5.81.